The zero-order valence-corrected chi connectivity index (χ0v) is 12.7. The standard InChI is InChI=1S/C12H18N4OS2/c1-3-17-6-4-5-14-12-10(11(13)16-19-12)9-7-18-8(2)15-9/h7,14H,3-6H2,1-2H3,(H2,13,16). The van der Waals surface area contributed by atoms with Crippen LogP contribution in [0.1, 0.15) is 18.4 Å². The van der Waals surface area contributed by atoms with Gasteiger partial charge in [0, 0.05) is 25.1 Å². The van der Waals surface area contributed by atoms with E-state index in [1.165, 1.54) is 11.5 Å². The van der Waals surface area contributed by atoms with Crippen LogP contribution in [0.5, 0.6) is 0 Å². The lowest BCUT2D eigenvalue weighted by atomic mass is 10.2. The van der Waals surface area contributed by atoms with Crippen molar-refractivity contribution in [3.05, 3.63) is 10.4 Å². The fraction of sp³-hybridized carbons (Fsp3) is 0.500. The molecule has 0 aliphatic rings. The molecule has 0 aromatic carbocycles. The summed E-state index contributed by atoms with van der Waals surface area (Å²) in [5.74, 6) is 0.544. The van der Waals surface area contributed by atoms with Gasteiger partial charge < -0.3 is 15.8 Å². The fourth-order valence-corrected chi connectivity index (χ4v) is 3.02. The molecule has 0 bridgehead atoms. The number of anilines is 2. The van der Waals surface area contributed by atoms with E-state index < -0.39 is 0 Å². The van der Waals surface area contributed by atoms with Crippen LogP contribution in [-0.4, -0.2) is 29.1 Å². The Labute approximate surface area is 121 Å². The van der Waals surface area contributed by atoms with Gasteiger partial charge in [-0.3, -0.25) is 0 Å². The average molecular weight is 298 g/mol. The van der Waals surface area contributed by atoms with Crippen molar-refractivity contribution in [1.29, 1.82) is 0 Å². The van der Waals surface area contributed by atoms with E-state index in [0.29, 0.717) is 5.82 Å². The number of nitrogens with two attached hydrogens (primary N) is 1. The summed E-state index contributed by atoms with van der Waals surface area (Å²) >= 11 is 3.00. The lowest BCUT2D eigenvalue weighted by Gasteiger charge is -2.05. The second-order valence-electron chi connectivity index (χ2n) is 4.00. The van der Waals surface area contributed by atoms with Crippen LogP contribution in [0.2, 0.25) is 0 Å². The van der Waals surface area contributed by atoms with Gasteiger partial charge in [0.1, 0.15) is 10.8 Å². The van der Waals surface area contributed by atoms with Crippen LogP contribution in [0.4, 0.5) is 10.8 Å². The molecule has 0 amide bonds. The minimum atomic E-state index is 0.544. The van der Waals surface area contributed by atoms with Gasteiger partial charge in [0.05, 0.1) is 16.3 Å². The summed E-state index contributed by atoms with van der Waals surface area (Å²) in [4.78, 5) is 4.47. The number of nitrogens with zero attached hydrogens (tertiary/aromatic N) is 2. The topological polar surface area (TPSA) is 73.1 Å². The van der Waals surface area contributed by atoms with Crippen molar-refractivity contribution in [2.75, 3.05) is 30.8 Å². The molecule has 104 valence electrons. The molecule has 0 radical (unpaired) electrons. The molecule has 2 rings (SSSR count). The van der Waals surface area contributed by atoms with Crippen LogP contribution < -0.4 is 11.1 Å². The molecular weight excluding hydrogens is 280 g/mol. The summed E-state index contributed by atoms with van der Waals surface area (Å²) in [6, 6.07) is 0. The highest BCUT2D eigenvalue weighted by atomic mass is 32.1. The summed E-state index contributed by atoms with van der Waals surface area (Å²) < 4.78 is 9.51. The highest BCUT2D eigenvalue weighted by Gasteiger charge is 2.15. The van der Waals surface area contributed by atoms with Gasteiger partial charge in [-0.2, -0.15) is 4.37 Å². The van der Waals surface area contributed by atoms with Crippen LogP contribution >= 0.6 is 22.9 Å². The molecule has 0 unspecified atom stereocenters. The first kappa shape index (κ1) is 14.2. The van der Waals surface area contributed by atoms with Gasteiger partial charge >= 0.3 is 0 Å². The number of nitrogen functional groups attached to an aromatic ring is 1. The predicted octanol–water partition coefficient (Wildman–Crippen LogP) is 3.00. The molecule has 2 aromatic heterocycles. The van der Waals surface area contributed by atoms with Gasteiger partial charge in [0.2, 0.25) is 0 Å². The number of nitrogens with one attached hydrogen (secondary N) is 1. The lowest BCUT2D eigenvalue weighted by Crippen LogP contribution is -2.05. The van der Waals surface area contributed by atoms with E-state index in [0.717, 1.165) is 47.4 Å². The maximum Gasteiger partial charge on any atom is 0.148 e. The molecule has 2 aromatic rings. The van der Waals surface area contributed by atoms with E-state index in [-0.39, 0.29) is 0 Å². The smallest absolute Gasteiger partial charge is 0.148 e. The maximum absolute atomic E-state index is 5.93. The molecule has 0 saturated carbocycles. The number of hydrogen-bond acceptors (Lipinski definition) is 7. The summed E-state index contributed by atoms with van der Waals surface area (Å²) in [5, 5.41) is 7.39. The molecule has 0 spiro atoms. The van der Waals surface area contributed by atoms with E-state index in [2.05, 4.69) is 14.7 Å². The van der Waals surface area contributed by atoms with Gasteiger partial charge in [-0.15, -0.1) is 11.3 Å². The summed E-state index contributed by atoms with van der Waals surface area (Å²) in [6.45, 7) is 6.36. The Balaban J connectivity index is 2.02. The van der Waals surface area contributed by atoms with Crippen LogP contribution in [-0.2, 0) is 4.74 Å². The average Bonchev–Trinajstić information content (AvgIpc) is 2.95. The Hall–Kier alpha value is -1.18. The maximum atomic E-state index is 5.93. The zero-order chi connectivity index (χ0) is 13.7. The first-order valence-corrected chi connectivity index (χ1v) is 7.87. The minimum Gasteiger partial charge on any atom is -0.382 e. The number of aryl methyl sites for hydroxylation is 1. The molecule has 3 N–H and O–H groups in total. The van der Waals surface area contributed by atoms with Crippen LogP contribution in [0.25, 0.3) is 11.3 Å². The van der Waals surface area contributed by atoms with E-state index >= 15 is 0 Å². The third-order valence-electron chi connectivity index (χ3n) is 2.55. The van der Waals surface area contributed by atoms with E-state index in [9.17, 15) is 0 Å². The quantitative estimate of drug-likeness (QED) is 0.769. The Morgan fingerprint density at radius 2 is 2.32 bits per heavy atom. The molecule has 2 heterocycles. The number of ether oxygens (including phenoxy) is 1. The van der Waals surface area contributed by atoms with Crippen molar-refractivity contribution >= 4 is 33.7 Å². The van der Waals surface area contributed by atoms with Gasteiger partial charge in [-0.05, 0) is 31.8 Å². The van der Waals surface area contributed by atoms with Crippen molar-refractivity contribution in [3.8, 4) is 11.3 Å². The monoisotopic (exact) mass is 298 g/mol. The number of aromatic nitrogens is 2. The van der Waals surface area contributed by atoms with Crippen molar-refractivity contribution in [2.45, 2.75) is 20.3 Å². The third-order valence-corrected chi connectivity index (χ3v) is 4.14. The van der Waals surface area contributed by atoms with Crippen molar-refractivity contribution in [2.24, 2.45) is 0 Å². The molecule has 0 aliphatic heterocycles. The molecule has 0 aliphatic carbocycles. The molecule has 0 fully saturated rings. The highest BCUT2D eigenvalue weighted by molar-refractivity contribution is 7.11. The molecule has 5 nitrogen and oxygen atoms in total. The Kier molecular flexibility index (Phi) is 5.12. The lowest BCUT2D eigenvalue weighted by molar-refractivity contribution is 0.147. The summed E-state index contributed by atoms with van der Waals surface area (Å²) in [6.07, 6.45) is 0.960. The third kappa shape index (κ3) is 3.65. The highest BCUT2D eigenvalue weighted by Crippen LogP contribution is 2.36. The van der Waals surface area contributed by atoms with E-state index in [4.69, 9.17) is 10.5 Å². The predicted molar refractivity (Wildman–Crippen MR) is 82.0 cm³/mol. The van der Waals surface area contributed by atoms with Crippen molar-refractivity contribution in [1.82, 2.24) is 9.36 Å². The number of thiazole rings is 1. The van der Waals surface area contributed by atoms with Gasteiger partial charge in [0.15, 0.2) is 0 Å². The first-order chi connectivity index (χ1) is 9.22. The van der Waals surface area contributed by atoms with Gasteiger partial charge in [0.25, 0.3) is 0 Å². The molecule has 19 heavy (non-hydrogen) atoms. The van der Waals surface area contributed by atoms with E-state index in [1.807, 2.05) is 19.2 Å². The van der Waals surface area contributed by atoms with Crippen molar-refractivity contribution in [3.63, 3.8) is 0 Å². The number of hydrogen-bond donors (Lipinski definition) is 2. The zero-order valence-electron chi connectivity index (χ0n) is 11.1. The molecule has 0 atom stereocenters. The molecule has 0 saturated heterocycles. The molecule has 7 heteroatoms. The van der Waals surface area contributed by atoms with Crippen LogP contribution in [0, 0.1) is 6.92 Å². The van der Waals surface area contributed by atoms with E-state index in [1.54, 1.807) is 11.3 Å². The largest absolute Gasteiger partial charge is 0.382 e. The van der Waals surface area contributed by atoms with Crippen LogP contribution in [0.15, 0.2) is 5.38 Å². The van der Waals surface area contributed by atoms with Crippen molar-refractivity contribution < 1.29 is 4.74 Å². The Bertz CT molecular complexity index is 524. The van der Waals surface area contributed by atoms with Gasteiger partial charge in [-0.1, -0.05) is 0 Å². The second-order valence-corrected chi connectivity index (χ2v) is 5.84. The fourth-order valence-electron chi connectivity index (χ4n) is 1.67. The molecular formula is C12H18N4OS2. The number of rotatable bonds is 7. The minimum absolute atomic E-state index is 0.544. The first-order valence-electron chi connectivity index (χ1n) is 6.21. The second kappa shape index (κ2) is 6.83. The van der Waals surface area contributed by atoms with Gasteiger partial charge in [-0.25, -0.2) is 4.98 Å². The summed E-state index contributed by atoms with van der Waals surface area (Å²) in [5.41, 5.74) is 7.76. The summed E-state index contributed by atoms with van der Waals surface area (Å²) in [7, 11) is 0. The van der Waals surface area contributed by atoms with Crippen LogP contribution in [0.3, 0.4) is 0 Å². The normalized spacial score (nSPS) is 10.8. The SMILES string of the molecule is CCOCCCNc1snc(N)c1-c1csc(C)n1. The Morgan fingerprint density at radius 1 is 1.47 bits per heavy atom. The Morgan fingerprint density at radius 3 is 3.00 bits per heavy atom.